The quantitative estimate of drug-likeness (QED) is 0.839. The van der Waals surface area contributed by atoms with Crippen LogP contribution in [0.25, 0.3) is 0 Å². The average molecular weight is 275 g/mol. The number of piperidine rings is 2. The molecule has 0 aromatic heterocycles. The van der Waals surface area contributed by atoms with Gasteiger partial charge in [0, 0.05) is 19.5 Å². The SMILES string of the molecule is CC(C)CC(=O)N1CCC2(CCNCC2)CC1.Cl. The van der Waals surface area contributed by atoms with E-state index in [-0.39, 0.29) is 12.4 Å². The van der Waals surface area contributed by atoms with E-state index in [4.69, 9.17) is 0 Å². The van der Waals surface area contributed by atoms with Crippen LogP contribution in [0.2, 0.25) is 0 Å². The van der Waals surface area contributed by atoms with E-state index >= 15 is 0 Å². The van der Waals surface area contributed by atoms with Crippen LogP contribution in [0, 0.1) is 11.3 Å². The topological polar surface area (TPSA) is 32.3 Å². The fraction of sp³-hybridized carbons (Fsp3) is 0.929. The lowest BCUT2D eigenvalue weighted by Crippen LogP contribution is -2.47. The molecular weight excluding hydrogens is 248 g/mol. The minimum Gasteiger partial charge on any atom is -0.343 e. The van der Waals surface area contributed by atoms with E-state index in [0.717, 1.165) is 13.1 Å². The van der Waals surface area contributed by atoms with Crippen LogP contribution in [-0.2, 0) is 4.79 Å². The normalized spacial score (nSPS) is 22.9. The Balaban J connectivity index is 0.00000162. The van der Waals surface area contributed by atoms with Crippen LogP contribution < -0.4 is 5.32 Å². The fourth-order valence-electron chi connectivity index (χ4n) is 3.17. The number of nitrogens with one attached hydrogen (secondary N) is 1. The molecule has 0 aromatic rings. The molecule has 2 heterocycles. The molecule has 0 bridgehead atoms. The molecule has 2 rings (SSSR count). The summed E-state index contributed by atoms with van der Waals surface area (Å²) in [6.07, 6.45) is 5.77. The first-order valence-corrected chi connectivity index (χ1v) is 7.10. The fourth-order valence-corrected chi connectivity index (χ4v) is 3.17. The van der Waals surface area contributed by atoms with Crippen LogP contribution >= 0.6 is 12.4 Å². The lowest BCUT2D eigenvalue weighted by Gasteiger charge is -2.44. The van der Waals surface area contributed by atoms with Crippen LogP contribution in [0.3, 0.4) is 0 Å². The van der Waals surface area contributed by atoms with Crippen molar-refractivity contribution < 1.29 is 4.79 Å². The van der Waals surface area contributed by atoms with Crippen molar-refractivity contribution in [2.45, 2.75) is 46.0 Å². The van der Waals surface area contributed by atoms with Crippen molar-refractivity contribution in [1.29, 1.82) is 0 Å². The second kappa shape index (κ2) is 6.76. The number of rotatable bonds is 2. The van der Waals surface area contributed by atoms with E-state index in [1.165, 1.54) is 38.8 Å². The molecule has 2 saturated heterocycles. The molecule has 4 heteroatoms. The molecule has 1 spiro atoms. The van der Waals surface area contributed by atoms with Gasteiger partial charge in [0.2, 0.25) is 5.91 Å². The molecular formula is C14H27ClN2O. The third-order valence-electron chi connectivity index (χ3n) is 4.42. The van der Waals surface area contributed by atoms with Gasteiger partial charge in [0.05, 0.1) is 0 Å². The van der Waals surface area contributed by atoms with E-state index in [1.54, 1.807) is 0 Å². The van der Waals surface area contributed by atoms with Gasteiger partial charge in [0.15, 0.2) is 0 Å². The van der Waals surface area contributed by atoms with Crippen LogP contribution in [0.15, 0.2) is 0 Å². The minimum atomic E-state index is 0. The molecule has 3 nitrogen and oxygen atoms in total. The van der Waals surface area contributed by atoms with E-state index in [0.29, 0.717) is 23.7 Å². The maximum atomic E-state index is 12.0. The molecule has 0 aromatic carbocycles. The number of hydrogen-bond acceptors (Lipinski definition) is 2. The Morgan fingerprint density at radius 3 is 2.22 bits per heavy atom. The van der Waals surface area contributed by atoms with Gasteiger partial charge in [0.1, 0.15) is 0 Å². The van der Waals surface area contributed by atoms with Gasteiger partial charge in [-0.05, 0) is 50.1 Å². The molecule has 1 amide bonds. The summed E-state index contributed by atoms with van der Waals surface area (Å²) in [5, 5.41) is 3.44. The molecule has 2 aliphatic rings. The predicted octanol–water partition coefficient (Wildman–Crippen LogP) is 2.45. The zero-order chi connectivity index (χ0) is 12.3. The predicted molar refractivity (Wildman–Crippen MR) is 77.1 cm³/mol. The second-order valence-corrected chi connectivity index (χ2v) is 6.23. The number of hydrogen-bond donors (Lipinski definition) is 1. The van der Waals surface area contributed by atoms with Crippen molar-refractivity contribution >= 4 is 18.3 Å². The molecule has 0 radical (unpaired) electrons. The minimum absolute atomic E-state index is 0. The Morgan fingerprint density at radius 2 is 1.72 bits per heavy atom. The van der Waals surface area contributed by atoms with E-state index in [2.05, 4.69) is 24.1 Å². The van der Waals surface area contributed by atoms with Gasteiger partial charge in [-0.1, -0.05) is 13.8 Å². The first kappa shape index (κ1) is 15.8. The number of carbonyl (C=O) groups is 1. The number of nitrogens with zero attached hydrogens (tertiary/aromatic N) is 1. The second-order valence-electron chi connectivity index (χ2n) is 6.23. The summed E-state index contributed by atoms with van der Waals surface area (Å²) in [6.45, 7) is 8.56. The molecule has 2 fully saturated rings. The summed E-state index contributed by atoms with van der Waals surface area (Å²) in [7, 11) is 0. The van der Waals surface area contributed by atoms with Gasteiger partial charge in [-0.25, -0.2) is 0 Å². The van der Waals surface area contributed by atoms with E-state index in [9.17, 15) is 4.79 Å². The number of likely N-dealkylation sites (tertiary alicyclic amines) is 1. The van der Waals surface area contributed by atoms with Crippen molar-refractivity contribution in [3.63, 3.8) is 0 Å². The Morgan fingerprint density at radius 1 is 1.17 bits per heavy atom. The van der Waals surface area contributed by atoms with Crippen LogP contribution in [0.1, 0.15) is 46.0 Å². The zero-order valence-corrected chi connectivity index (χ0v) is 12.5. The van der Waals surface area contributed by atoms with Gasteiger partial charge in [-0.15, -0.1) is 12.4 Å². The summed E-state index contributed by atoms with van der Waals surface area (Å²) in [5.74, 6) is 0.848. The van der Waals surface area contributed by atoms with Gasteiger partial charge in [-0.3, -0.25) is 4.79 Å². The molecule has 18 heavy (non-hydrogen) atoms. The third kappa shape index (κ3) is 3.86. The highest BCUT2D eigenvalue weighted by Crippen LogP contribution is 2.39. The van der Waals surface area contributed by atoms with Gasteiger partial charge >= 0.3 is 0 Å². The molecule has 2 aliphatic heterocycles. The lowest BCUT2D eigenvalue weighted by atomic mass is 9.71. The van der Waals surface area contributed by atoms with Crippen molar-refractivity contribution in [3.8, 4) is 0 Å². The molecule has 0 unspecified atom stereocenters. The number of amides is 1. The third-order valence-corrected chi connectivity index (χ3v) is 4.42. The molecule has 0 saturated carbocycles. The average Bonchev–Trinajstić information content (AvgIpc) is 2.30. The van der Waals surface area contributed by atoms with Crippen LogP contribution in [0.4, 0.5) is 0 Å². The van der Waals surface area contributed by atoms with Gasteiger partial charge < -0.3 is 10.2 Å². The van der Waals surface area contributed by atoms with Crippen LogP contribution in [0.5, 0.6) is 0 Å². The highest BCUT2D eigenvalue weighted by atomic mass is 35.5. The van der Waals surface area contributed by atoms with E-state index < -0.39 is 0 Å². The largest absolute Gasteiger partial charge is 0.343 e. The number of halogens is 1. The van der Waals surface area contributed by atoms with E-state index in [1.807, 2.05) is 0 Å². The van der Waals surface area contributed by atoms with Crippen molar-refractivity contribution in [2.24, 2.45) is 11.3 Å². The monoisotopic (exact) mass is 274 g/mol. The Kier molecular flexibility index (Phi) is 5.93. The summed E-state index contributed by atoms with van der Waals surface area (Å²) < 4.78 is 0. The maximum Gasteiger partial charge on any atom is 0.222 e. The highest BCUT2D eigenvalue weighted by molar-refractivity contribution is 5.85. The van der Waals surface area contributed by atoms with Gasteiger partial charge in [0.25, 0.3) is 0 Å². The summed E-state index contributed by atoms with van der Waals surface area (Å²) >= 11 is 0. The maximum absolute atomic E-state index is 12.0. The van der Waals surface area contributed by atoms with Crippen LogP contribution in [-0.4, -0.2) is 37.0 Å². The summed E-state index contributed by atoms with van der Waals surface area (Å²) in [5.41, 5.74) is 0.555. The molecule has 106 valence electrons. The highest BCUT2D eigenvalue weighted by Gasteiger charge is 2.36. The van der Waals surface area contributed by atoms with Gasteiger partial charge in [-0.2, -0.15) is 0 Å². The Bertz CT molecular complexity index is 265. The molecule has 1 N–H and O–H groups in total. The van der Waals surface area contributed by atoms with Crippen molar-refractivity contribution in [2.75, 3.05) is 26.2 Å². The lowest BCUT2D eigenvalue weighted by molar-refractivity contribution is -0.134. The first-order valence-electron chi connectivity index (χ1n) is 7.10. The van der Waals surface area contributed by atoms with Crippen molar-refractivity contribution in [3.05, 3.63) is 0 Å². The Labute approximate surface area is 117 Å². The summed E-state index contributed by atoms with van der Waals surface area (Å²) in [6, 6.07) is 0. The van der Waals surface area contributed by atoms with Crippen molar-refractivity contribution in [1.82, 2.24) is 10.2 Å². The number of carbonyl (C=O) groups excluding carboxylic acids is 1. The smallest absolute Gasteiger partial charge is 0.222 e. The Hall–Kier alpha value is -0.280. The summed E-state index contributed by atoms with van der Waals surface area (Å²) in [4.78, 5) is 14.1. The first-order chi connectivity index (χ1) is 8.11. The molecule has 0 atom stereocenters. The standard InChI is InChI=1S/C14H26N2O.ClH/c1-12(2)11-13(17)16-9-5-14(6-10-16)3-7-15-8-4-14;/h12,15H,3-11H2,1-2H3;1H. The zero-order valence-electron chi connectivity index (χ0n) is 11.7. The molecule has 0 aliphatic carbocycles.